The molecule has 1 rings (SSSR count). The predicted octanol–water partition coefficient (Wildman–Crippen LogP) is 1.42. The normalized spacial score (nSPS) is 10.0. The fraction of sp³-hybridized carbons (Fsp3) is 0.500. The minimum atomic E-state index is 0.486. The van der Waals surface area contributed by atoms with Crippen molar-refractivity contribution in [1.29, 1.82) is 0 Å². The summed E-state index contributed by atoms with van der Waals surface area (Å²) in [5, 5.41) is 0. The van der Waals surface area contributed by atoms with Crippen molar-refractivity contribution in [2.24, 2.45) is 0 Å². The Balaban J connectivity index is 2.64. The lowest BCUT2D eigenvalue weighted by molar-refractivity contribution is -0.107. The van der Waals surface area contributed by atoms with Crippen LogP contribution in [0, 0.1) is 13.8 Å². The molecule has 60 valence electrons. The van der Waals surface area contributed by atoms with E-state index in [1.165, 1.54) is 0 Å². The molecule has 0 spiro atoms. The van der Waals surface area contributed by atoms with E-state index in [1.807, 2.05) is 13.8 Å². The van der Waals surface area contributed by atoms with E-state index in [2.05, 4.69) is 4.98 Å². The second kappa shape index (κ2) is 3.32. The summed E-state index contributed by atoms with van der Waals surface area (Å²) in [7, 11) is 0. The highest BCUT2D eigenvalue weighted by Gasteiger charge is 2.03. The average Bonchev–Trinajstić information content (AvgIpc) is 2.28. The summed E-state index contributed by atoms with van der Waals surface area (Å²) in [4.78, 5) is 14.1. The van der Waals surface area contributed by atoms with Crippen molar-refractivity contribution in [3.8, 4) is 0 Å². The molecule has 0 fully saturated rings. The Labute approximate surface area is 65.4 Å². The highest BCUT2D eigenvalue weighted by atomic mass is 16.4. The number of carbonyl (C=O) groups excluding carboxylic acids is 1. The smallest absolute Gasteiger partial charge is 0.195 e. The summed E-state index contributed by atoms with van der Waals surface area (Å²) in [6.45, 7) is 3.76. The molecule has 0 N–H and O–H groups in total. The number of carbonyl (C=O) groups is 1. The zero-order chi connectivity index (χ0) is 8.27. The molecule has 0 aliphatic carbocycles. The Bertz CT molecular complexity index is 233. The molecular weight excluding hydrogens is 142 g/mol. The standard InChI is InChI=1S/C8H11NO2/c1-6-7(2)11-8(9-6)4-3-5-10/h5H,3-4H2,1-2H3. The van der Waals surface area contributed by atoms with Crippen LogP contribution in [0.5, 0.6) is 0 Å². The number of aryl methyl sites for hydroxylation is 3. The van der Waals surface area contributed by atoms with Crippen LogP contribution in [0.3, 0.4) is 0 Å². The van der Waals surface area contributed by atoms with Crippen LogP contribution in [0.1, 0.15) is 23.8 Å². The van der Waals surface area contributed by atoms with Crippen LogP contribution in [0.2, 0.25) is 0 Å². The fourth-order valence-electron chi connectivity index (χ4n) is 0.829. The fourth-order valence-corrected chi connectivity index (χ4v) is 0.829. The molecule has 0 amide bonds. The molecule has 11 heavy (non-hydrogen) atoms. The zero-order valence-corrected chi connectivity index (χ0v) is 6.76. The van der Waals surface area contributed by atoms with Crippen LogP contribution in [0.4, 0.5) is 0 Å². The maximum atomic E-state index is 10.0. The number of hydrogen-bond acceptors (Lipinski definition) is 3. The summed E-state index contributed by atoms with van der Waals surface area (Å²) in [5.74, 6) is 1.50. The molecule has 0 bridgehead atoms. The van der Waals surface area contributed by atoms with Gasteiger partial charge in [0.25, 0.3) is 0 Å². The molecule has 3 nitrogen and oxygen atoms in total. The maximum Gasteiger partial charge on any atom is 0.195 e. The quantitative estimate of drug-likeness (QED) is 0.617. The Morgan fingerprint density at radius 1 is 1.55 bits per heavy atom. The average molecular weight is 153 g/mol. The van der Waals surface area contributed by atoms with E-state index in [9.17, 15) is 4.79 Å². The lowest BCUT2D eigenvalue weighted by Gasteiger charge is -1.85. The highest BCUT2D eigenvalue weighted by Crippen LogP contribution is 2.08. The minimum absolute atomic E-state index is 0.486. The summed E-state index contributed by atoms with van der Waals surface area (Å²) in [6.07, 6.45) is 1.96. The van der Waals surface area contributed by atoms with Crippen LogP contribution in [-0.4, -0.2) is 11.3 Å². The third-order valence-electron chi connectivity index (χ3n) is 1.55. The zero-order valence-electron chi connectivity index (χ0n) is 6.76. The van der Waals surface area contributed by atoms with Gasteiger partial charge < -0.3 is 9.21 Å². The van der Waals surface area contributed by atoms with E-state index in [0.29, 0.717) is 18.7 Å². The Kier molecular flexibility index (Phi) is 2.41. The van der Waals surface area contributed by atoms with Crippen molar-refractivity contribution < 1.29 is 9.21 Å². The van der Waals surface area contributed by atoms with Crippen molar-refractivity contribution in [2.45, 2.75) is 26.7 Å². The van der Waals surface area contributed by atoms with E-state index >= 15 is 0 Å². The van der Waals surface area contributed by atoms with Crippen LogP contribution in [-0.2, 0) is 11.2 Å². The first-order valence-corrected chi connectivity index (χ1v) is 3.60. The molecule has 0 saturated heterocycles. The lowest BCUT2D eigenvalue weighted by atomic mass is 10.3. The van der Waals surface area contributed by atoms with Gasteiger partial charge in [-0.25, -0.2) is 4.98 Å². The molecule has 0 radical (unpaired) electrons. The predicted molar refractivity (Wildman–Crippen MR) is 40.4 cm³/mol. The van der Waals surface area contributed by atoms with Gasteiger partial charge >= 0.3 is 0 Å². The van der Waals surface area contributed by atoms with Gasteiger partial charge in [-0.05, 0) is 13.8 Å². The first-order chi connectivity index (χ1) is 5.24. The SMILES string of the molecule is Cc1nc(CCC=O)oc1C. The molecular formula is C8H11NO2. The van der Waals surface area contributed by atoms with Crippen molar-refractivity contribution in [2.75, 3.05) is 0 Å². The van der Waals surface area contributed by atoms with Crippen LogP contribution >= 0.6 is 0 Å². The molecule has 0 atom stereocenters. The summed E-state index contributed by atoms with van der Waals surface area (Å²) in [5.41, 5.74) is 0.908. The molecule has 0 aromatic carbocycles. The Morgan fingerprint density at radius 3 is 2.73 bits per heavy atom. The van der Waals surface area contributed by atoms with Gasteiger partial charge in [0.15, 0.2) is 5.89 Å². The molecule has 0 aliphatic heterocycles. The van der Waals surface area contributed by atoms with Gasteiger partial charge in [-0.3, -0.25) is 0 Å². The number of rotatable bonds is 3. The monoisotopic (exact) mass is 153 g/mol. The van der Waals surface area contributed by atoms with Crippen LogP contribution < -0.4 is 0 Å². The molecule has 1 aromatic rings. The third-order valence-corrected chi connectivity index (χ3v) is 1.55. The summed E-state index contributed by atoms with van der Waals surface area (Å²) in [6, 6.07) is 0. The Hall–Kier alpha value is -1.12. The van der Waals surface area contributed by atoms with Crippen molar-refractivity contribution >= 4 is 6.29 Å². The van der Waals surface area contributed by atoms with E-state index in [0.717, 1.165) is 17.7 Å². The van der Waals surface area contributed by atoms with Crippen LogP contribution in [0.15, 0.2) is 4.42 Å². The van der Waals surface area contributed by atoms with Gasteiger partial charge in [-0.2, -0.15) is 0 Å². The molecule has 1 heterocycles. The van der Waals surface area contributed by atoms with Gasteiger partial charge in [-0.15, -0.1) is 0 Å². The molecule has 3 heteroatoms. The summed E-state index contributed by atoms with van der Waals surface area (Å²) < 4.78 is 5.25. The number of oxazole rings is 1. The van der Waals surface area contributed by atoms with Gasteiger partial charge in [0.2, 0.25) is 0 Å². The van der Waals surface area contributed by atoms with E-state index < -0.39 is 0 Å². The van der Waals surface area contributed by atoms with Gasteiger partial charge in [0.05, 0.1) is 5.69 Å². The highest BCUT2D eigenvalue weighted by molar-refractivity contribution is 5.49. The number of aldehydes is 1. The Morgan fingerprint density at radius 2 is 2.27 bits per heavy atom. The second-order valence-corrected chi connectivity index (χ2v) is 2.45. The summed E-state index contributed by atoms with van der Waals surface area (Å²) >= 11 is 0. The van der Waals surface area contributed by atoms with Gasteiger partial charge in [-0.1, -0.05) is 0 Å². The lowest BCUT2D eigenvalue weighted by Crippen LogP contribution is -1.85. The van der Waals surface area contributed by atoms with Crippen molar-refractivity contribution in [1.82, 2.24) is 4.98 Å². The first kappa shape index (κ1) is 7.98. The third kappa shape index (κ3) is 1.90. The van der Waals surface area contributed by atoms with Gasteiger partial charge in [0.1, 0.15) is 12.0 Å². The van der Waals surface area contributed by atoms with Crippen LogP contribution in [0.25, 0.3) is 0 Å². The van der Waals surface area contributed by atoms with Crippen molar-refractivity contribution in [3.63, 3.8) is 0 Å². The number of hydrogen-bond donors (Lipinski definition) is 0. The van der Waals surface area contributed by atoms with E-state index in [1.54, 1.807) is 0 Å². The molecule has 0 saturated carbocycles. The van der Waals surface area contributed by atoms with E-state index in [4.69, 9.17) is 4.42 Å². The first-order valence-electron chi connectivity index (χ1n) is 3.60. The second-order valence-electron chi connectivity index (χ2n) is 2.45. The molecule has 0 aliphatic rings. The maximum absolute atomic E-state index is 10.0. The van der Waals surface area contributed by atoms with E-state index in [-0.39, 0.29) is 0 Å². The number of nitrogens with zero attached hydrogens (tertiary/aromatic N) is 1. The minimum Gasteiger partial charge on any atom is -0.446 e. The van der Waals surface area contributed by atoms with Crippen molar-refractivity contribution in [3.05, 3.63) is 17.3 Å². The van der Waals surface area contributed by atoms with Gasteiger partial charge in [0, 0.05) is 12.8 Å². The topological polar surface area (TPSA) is 43.1 Å². The largest absolute Gasteiger partial charge is 0.446 e. The molecule has 0 unspecified atom stereocenters. The number of aromatic nitrogens is 1. The molecule has 1 aromatic heterocycles.